The van der Waals surface area contributed by atoms with E-state index in [0.717, 1.165) is 17.8 Å². The number of hydrogen-bond donors (Lipinski definition) is 0. The van der Waals surface area contributed by atoms with Crippen molar-refractivity contribution in [1.29, 1.82) is 0 Å². The first-order valence-corrected chi connectivity index (χ1v) is 4.83. The molecule has 0 amide bonds. The Bertz CT molecular complexity index is 380. The Kier molecular flexibility index (Phi) is 3.92. The Balaban J connectivity index is 0.00000112. The molecule has 1 aromatic rings. The normalized spacial score (nSPS) is 17.9. The molecule has 0 aliphatic carbocycles. The van der Waals surface area contributed by atoms with Crippen molar-refractivity contribution in [3.63, 3.8) is 0 Å². The topological polar surface area (TPSA) is 25.2 Å². The fourth-order valence-electron chi connectivity index (χ4n) is 1.56. The van der Waals surface area contributed by atoms with Crippen LogP contribution in [0.1, 0.15) is 26.0 Å². The van der Waals surface area contributed by atoms with Crippen LogP contribution in [0.2, 0.25) is 0 Å². The van der Waals surface area contributed by atoms with E-state index in [2.05, 4.69) is 29.9 Å². The molecule has 0 aromatic carbocycles. The second-order valence-electron chi connectivity index (χ2n) is 4.27. The van der Waals surface area contributed by atoms with Gasteiger partial charge in [-0.15, -0.1) is 0 Å². The zero-order valence-electron chi connectivity index (χ0n) is 8.92. The fourth-order valence-corrected chi connectivity index (χ4v) is 1.56. The van der Waals surface area contributed by atoms with Gasteiger partial charge in [0.25, 0.3) is 0 Å². The van der Waals surface area contributed by atoms with Gasteiger partial charge in [0.1, 0.15) is 0 Å². The summed E-state index contributed by atoms with van der Waals surface area (Å²) in [5.74, 6) is 0. The molecule has 3 heteroatoms. The molecule has 0 atom stereocenters. The minimum absolute atomic E-state index is 0. The third-order valence-electron chi connectivity index (χ3n) is 2.34. The molecule has 1 aliphatic heterocycles. The summed E-state index contributed by atoms with van der Waals surface area (Å²) in [4.78, 5) is 8.67. The van der Waals surface area contributed by atoms with Crippen LogP contribution in [0.25, 0.3) is 0 Å². The number of rotatable bonds is 1. The summed E-state index contributed by atoms with van der Waals surface area (Å²) in [6, 6.07) is 5.93. The van der Waals surface area contributed by atoms with Gasteiger partial charge in [0.15, 0.2) is 0 Å². The number of aromatic nitrogens is 1. The van der Waals surface area contributed by atoms with E-state index < -0.39 is 0 Å². The summed E-state index contributed by atoms with van der Waals surface area (Å²) in [6.45, 7) is 4.42. The van der Waals surface area contributed by atoms with E-state index in [1.165, 1.54) is 0 Å². The van der Waals surface area contributed by atoms with Crippen molar-refractivity contribution in [3.05, 3.63) is 42.4 Å². The van der Waals surface area contributed by atoms with Crippen LogP contribution in [0.5, 0.6) is 0 Å². The monoisotopic (exact) mass is 288 g/mol. The Labute approximate surface area is 103 Å². The molecule has 2 nitrogen and oxygen atoms in total. The molecule has 0 saturated heterocycles. The Morgan fingerprint density at radius 1 is 1.27 bits per heavy atom. The van der Waals surface area contributed by atoms with E-state index in [9.17, 15) is 0 Å². The molecule has 0 bridgehead atoms. The first-order valence-electron chi connectivity index (χ1n) is 4.83. The van der Waals surface area contributed by atoms with Crippen molar-refractivity contribution in [2.75, 3.05) is 0 Å². The molecule has 2 heterocycles. The zero-order valence-corrected chi connectivity index (χ0v) is 10.7. The SMILES string of the molecule is CC1(C)C=CN=C(c2ccccn2)C1.[Ru]. The van der Waals surface area contributed by atoms with Crippen LogP contribution in [-0.4, -0.2) is 10.7 Å². The van der Waals surface area contributed by atoms with Gasteiger partial charge in [0.05, 0.1) is 11.4 Å². The van der Waals surface area contributed by atoms with Crippen LogP contribution in [0.4, 0.5) is 0 Å². The van der Waals surface area contributed by atoms with Crippen molar-refractivity contribution in [2.45, 2.75) is 20.3 Å². The van der Waals surface area contributed by atoms with Gasteiger partial charge in [-0.1, -0.05) is 26.0 Å². The molecule has 2 rings (SSSR count). The smallest absolute Gasteiger partial charge is 0.0844 e. The van der Waals surface area contributed by atoms with Crippen molar-refractivity contribution < 1.29 is 19.5 Å². The molecule has 1 aliphatic rings. The van der Waals surface area contributed by atoms with Gasteiger partial charge < -0.3 is 0 Å². The Hall–Kier alpha value is -0.817. The summed E-state index contributed by atoms with van der Waals surface area (Å²) >= 11 is 0. The van der Waals surface area contributed by atoms with Gasteiger partial charge in [-0.05, 0) is 17.5 Å². The molecule has 1 aromatic heterocycles. The van der Waals surface area contributed by atoms with Crippen LogP contribution >= 0.6 is 0 Å². The molecular weight excluding hydrogens is 273 g/mol. The maximum absolute atomic E-state index is 4.37. The van der Waals surface area contributed by atoms with Crippen molar-refractivity contribution in [1.82, 2.24) is 4.98 Å². The van der Waals surface area contributed by atoms with E-state index in [1.807, 2.05) is 30.6 Å². The molecule has 0 unspecified atom stereocenters. The number of pyridine rings is 1. The molecule has 0 N–H and O–H groups in total. The largest absolute Gasteiger partial charge is 0.259 e. The maximum atomic E-state index is 4.37. The summed E-state index contributed by atoms with van der Waals surface area (Å²) in [5.41, 5.74) is 2.28. The zero-order chi connectivity index (χ0) is 10.0. The molecular formula is C12H14N2Ru. The summed E-state index contributed by atoms with van der Waals surface area (Å²) in [5, 5.41) is 0. The summed E-state index contributed by atoms with van der Waals surface area (Å²) in [7, 11) is 0. The molecule has 15 heavy (non-hydrogen) atoms. The van der Waals surface area contributed by atoms with Crippen LogP contribution in [0, 0.1) is 5.41 Å². The third kappa shape index (κ3) is 3.07. The average molecular weight is 287 g/mol. The minimum Gasteiger partial charge on any atom is -0.259 e. The van der Waals surface area contributed by atoms with Gasteiger partial charge in [-0.2, -0.15) is 0 Å². The molecule has 80 valence electrons. The van der Waals surface area contributed by atoms with Crippen molar-refractivity contribution in [2.24, 2.45) is 10.4 Å². The van der Waals surface area contributed by atoms with Gasteiger partial charge in [-0.3, -0.25) is 9.98 Å². The Morgan fingerprint density at radius 3 is 2.67 bits per heavy atom. The molecule has 0 radical (unpaired) electrons. The van der Waals surface area contributed by atoms with Crippen LogP contribution in [-0.2, 0) is 19.5 Å². The quantitative estimate of drug-likeness (QED) is 0.729. The number of hydrogen-bond acceptors (Lipinski definition) is 2. The van der Waals surface area contributed by atoms with E-state index in [4.69, 9.17) is 0 Å². The second kappa shape index (κ2) is 4.80. The first-order chi connectivity index (χ1) is 6.67. The molecule has 0 saturated carbocycles. The Morgan fingerprint density at radius 2 is 2.07 bits per heavy atom. The van der Waals surface area contributed by atoms with Gasteiger partial charge >= 0.3 is 0 Å². The van der Waals surface area contributed by atoms with Crippen LogP contribution in [0.3, 0.4) is 0 Å². The van der Waals surface area contributed by atoms with E-state index >= 15 is 0 Å². The van der Waals surface area contributed by atoms with E-state index in [1.54, 1.807) is 0 Å². The predicted molar refractivity (Wildman–Crippen MR) is 58.3 cm³/mol. The minimum atomic E-state index is 0. The summed E-state index contributed by atoms with van der Waals surface area (Å²) in [6.07, 6.45) is 6.79. The number of aliphatic imine (C=N–C) groups is 1. The van der Waals surface area contributed by atoms with Crippen molar-refractivity contribution >= 4 is 5.71 Å². The van der Waals surface area contributed by atoms with Crippen LogP contribution in [0.15, 0.2) is 41.7 Å². The molecule has 0 spiro atoms. The third-order valence-corrected chi connectivity index (χ3v) is 2.34. The number of allylic oxidation sites excluding steroid dienone is 1. The van der Waals surface area contributed by atoms with Crippen molar-refractivity contribution in [3.8, 4) is 0 Å². The second-order valence-corrected chi connectivity index (χ2v) is 4.27. The summed E-state index contributed by atoms with van der Waals surface area (Å²) < 4.78 is 0. The maximum Gasteiger partial charge on any atom is 0.0844 e. The van der Waals surface area contributed by atoms with Gasteiger partial charge in [0, 0.05) is 38.3 Å². The molecule has 0 fully saturated rings. The van der Waals surface area contributed by atoms with Crippen LogP contribution < -0.4 is 0 Å². The van der Waals surface area contributed by atoms with E-state index in [-0.39, 0.29) is 24.9 Å². The van der Waals surface area contributed by atoms with Gasteiger partial charge in [0.2, 0.25) is 0 Å². The van der Waals surface area contributed by atoms with Gasteiger partial charge in [-0.25, -0.2) is 0 Å². The standard InChI is InChI=1S/C12H14N2.Ru/c1-12(2)6-8-14-11(9-12)10-5-3-4-7-13-10;/h3-8H,9H2,1-2H3;. The fraction of sp³-hybridized carbons (Fsp3) is 0.333. The predicted octanol–water partition coefficient (Wildman–Crippen LogP) is 2.81. The first kappa shape index (κ1) is 12.3. The average Bonchev–Trinajstić information content (AvgIpc) is 2.18. The number of nitrogens with zero attached hydrogens (tertiary/aromatic N) is 2. The van der Waals surface area contributed by atoms with E-state index in [0.29, 0.717) is 0 Å².